The Morgan fingerprint density at radius 3 is 2.70 bits per heavy atom. The molecule has 7 nitrogen and oxygen atoms in total. The maximum atomic E-state index is 12.5. The third-order valence-corrected chi connectivity index (χ3v) is 5.07. The van der Waals surface area contributed by atoms with Gasteiger partial charge in [0.25, 0.3) is 5.89 Å². The quantitative estimate of drug-likeness (QED) is 0.574. The lowest BCUT2D eigenvalue weighted by Crippen LogP contribution is -2.23. The zero-order chi connectivity index (χ0) is 21.1. The SMILES string of the molecule is Cc1cccc(-c2nnc([C@H](C)OC(=O)c3ccc(CN4CCCC4=O)cc3)o2)c1. The number of nitrogens with zero attached hydrogens (tertiary/aromatic N) is 3. The molecule has 7 heteroatoms. The highest BCUT2D eigenvalue weighted by Gasteiger charge is 2.22. The van der Waals surface area contributed by atoms with E-state index in [-0.39, 0.29) is 11.8 Å². The van der Waals surface area contributed by atoms with E-state index in [4.69, 9.17) is 9.15 Å². The summed E-state index contributed by atoms with van der Waals surface area (Å²) >= 11 is 0. The van der Waals surface area contributed by atoms with Crippen molar-refractivity contribution >= 4 is 11.9 Å². The molecule has 1 aliphatic heterocycles. The highest BCUT2D eigenvalue weighted by molar-refractivity contribution is 5.89. The van der Waals surface area contributed by atoms with Crippen LogP contribution in [0.2, 0.25) is 0 Å². The maximum absolute atomic E-state index is 12.5. The van der Waals surface area contributed by atoms with Crippen molar-refractivity contribution in [2.45, 2.75) is 39.3 Å². The van der Waals surface area contributed by atoms with Crippen molar-refractivity contribution in [1.82, 2.24) is 15.1 Å². The predicted molar refractivity (Wildman–Crippen MR) is 109 cm³/mol. The summed E-state index contributed by atoms with van der Waals surface area (Å²) in [6.07, 6.45) is 0.844. The summed E-state index contributed by atoms with van der Waals surface area (Å²) in [5.74, 6) is 0.333. The van der Waals surface area contributed by atoms with Gasteiger partial charge in [-0.3, -0.25) is 4.79 Å². The van der Waals surface area contributed by atoms with Gasteiger partial charge >= 0.3 is 5.97 Å². The number of benzene rings is 2. The summed E-state index contributed by atoms with van der Waals surface area (Å²) in [5, 5.41) is 8.07. The number of hydrogen-bond acceptors (Lipinski definition) is 6. The molecule has 1 aromatic heterocycles. The lowest BCUT2D eigenvalue weighted by molar-refractivity contribution is -0.128. The molecule has 0 aliphatic carbocycles. The van der Waals surface area contributed by atoms with Crippen LogP contribution < -0.4 is 0 Å². The van der Waals surface area contributed by atoms with Gasteiger partial charge in [-0.25, -0.2) is 4.79 Å². The topological polar surface area (TPSA) is 85.5 Å². The molecule has 0 spiro atoms. The monoisotopic (exact) mass is 405 g/mol. The van der Waals surface area contributed by atoms with E-state index in [0.717, 1.165) is 29.7 Å². The number of carbonyl (C=O) groups excluding carboxylic acids is 2. The number of carbonyl (C=O) groups is 2. The predicted octanol–water partition coefficient (Wildman–Crippen LogP) is 4.09. The number of likely N-dealkylation sites (tertiary alicyclic amines) is 1. The number of esters is 1. The van der Waals surface area contributed by atoms with Crippen molar-refractivity contribution in [2.75, 3.05) is 6.54 Å². The van der Waals surface area contributed by atoms with Crippen LogP contribution in [0.1, 0.15) is 53.2 Å². The molecule has 154 valence electrons. The van der Waals surface area contributed by atoms with Crippen LogP contribution in [0.5, 0.6) is 0 Å². The van der Waals surface area contributed by atoms with E-state index in [2.05, 4.69) is 10.2 Å². The Bertz CT molecular complexity index is 1060. The molecule has 0 radical (unpaired) electrons. The van der Waals surface area contributed by atoms with Crippen molar-refractivity contribution in [2.24, 2.45) is 0 Å². The van der Waals surface area contributed by atoms with Crippen LogP contribution in [0.3, 0.4) is 0 Å². The fourth-order valence-electron chi connectivity index (χ4n) is 3.41. The van der Waals surface area contributed by atoms with Gasteiger partial charge in [0.1, 0.15) is 0 Å². The molecular weight excluding hydrogens is 382 g/mol. The summed E-state index contributed by atoms with van der Waals surface area (Å²) < 4.78 is 11.2. The lowest BCUT2D eigenvalue weighted by Gasteiger charge is -2.15. The van der Waals surface area contributed by atoms with Gasteiger partial charge < -0.3 is 14.1 Å². The van der Waals surface area contributed by atoms with Crippen LogP contribution in [0, 0.1) is 6.92 Å². The number of amides is 1. The molecule has 0 saturated carbocycles. The van der Waals surface area contributed by atoms with E-state index in [9.17, 15) is 9.59 Å². The van der Waals surface area contributed by atoms with E-state index in [1.54, 1.807) is 19.1 Å². The van der Waals surface area contributed by atoms with Gasteiger partial charge in [-0.2, -0.15) is 0 Å². The average molecular weight is 405 g/mol. The normalized spacial score (nSPS) is 14.7. The number of ether oxygens (including phenoxy) is 1. The highest BCUT2D eigenvalue weighted by Crippen LogP contribution is 2.24. The molecule has 0 N–H and O–H groups in total. The van der Waals surface area contributed by atoms with Crippen LogP contribution >= 0.6 is 0 Å². The molecular formula is C23H23N3O4. The van der Waals surface area contributed by atoms with Gasteiger partial charge in [-0.1, -0.05) is 29.8 Å². The highest BCUT2D eigenvalue weighted by atomic mass is 16.6. The molecule has 4 rings (SSSR count). The minimum Gasteiger partial charge on any atom is -0.449 e. The van der Waals surface area contributed by atoms with E-state index in [0.29, 0.717) is 24.4 Å². The maximum Gasteiger partial charge on any atom is 0.338 e. The van der Waals surface area contributed by atoms with Crippen LogP contribution in [-0.4, -0.2) is 33.5 Å². The molecule has 0 unspecified atom stereocenters. The Morgan fingerprint density at radius 1 is 1.20 bits per heavy atom. The van der Waals surface area contributed by atoms with Gasteiger partial charge in [0, 0.05) is 25.1 Å². The first-order valence-electron chi connectivity index (χ1n) is 9.98. The van der Waals surface area contributed by atoms with E-state index in [1.807, 2.05) is 48.2 Å². The molecule has 1 atom stereocenters. The number of aromatic nitrogens is 2. The van der Waals surface area contributed by atoms with E-state index >= 15 is 0 Å². The third-order valence-electron chi connectivity index (χ3n) is 5.07. The average Bonchev–Trinajstić information content (AvgIpc) is 3.38. The first kappa shape index (κ1) is 19.8. The second-order valence-corrected chi connectivity index (χ2v) is 7.48. The van der Waals surface area contributed by atoms with Gasteiger partial charge in [0.2, 0.25) is 11.8 Å². The Kier molecular flexibility index (Phi) is 5.61. The smallest absolute Gasteiger partial charge is 0.338 e. The molecule has 1 saturated heterocycles. The molecule has 1 amide bonds. The summed E-state index contributed by atoms with van der Waals surface area (Å²) in [7, 11) is 0. The lowest BCUT2D eigenvalue weighted by atomic mass is 10.1. The van der Waals surface area contributed by atoms with Crippen LogP contribution in [0.4, 0.5) is 0 Å². The molecule has 2 heterocycles. The molecule has 1 fully saturated rings. The summed E-state index contributed by atoms with van der Waals surface area (Å²) in [4.78, 5) is 26.1. The Morgan fingerprint density at radius 2 is 2.00 bits per heavy atom. The van der Waals surface area contributed by atoms with Gasteiger partial charge in [-0.05, 0) is 50.1 Å². The molecule has 1 aliphatic rings. The number of hydrogen-bond donors (Lipinski definition) is 0. The van der Waals surface area contributed by atoms with Gasteiger partial charge in [0.15, 0.2) is 6.10 Å². The van der Waals surface area contributed by atoms with Crippen molar-refractivity contribution < 1.29 is 18.7 Å². The van der Waals surface area contributed by atoms with Crippen LogP contribution in [0.15, 0.2) is 52.9 Å². The van der Waals surface area contributed by atoms with Crippen molar-refractivity contribution in [3.63, 3.8) is 0 Å². The number of rotatable bonds is 6. The van der Waals surface area contributed by atoms with Crippen LogP contribution in [-0.2, 0) is 16.1 Å². The Labute approximate surface area is 174 Å². The minimum atomic E-state index is -0.676. The first-order chi connectivity index (χ1) is 14.5. The van der Waals surface area contributed by atoms with Crippen molar-refractivity contribution in [3.8, 4) is 11.5 Å². The van der Waals surface area contributed by atoms with Gasteiger partial charge in [0.05, 0.1) is 5.56 Å². The summed E-state index contributed by atoms with van der Waals surface area (Å²) in [6, 6.07) is 14.8. The standard InChI is InChI=1S/C23H23N3O4/c1-15-5-3-6-19(13-15)22-25-24-21(30-22)16(2)29-23(28)18-10-8-17(9-11-18)14-26-12-4-7-20(26)27/h3,5-6,8-11,13,16H,4,7,12,14H2,1-2H3/t16-/m0/s1. The van der Waals surface area contributed by atoms with E-state index < -0.39 is 12.1 Å². The van der Waals surface area contributed by atoms with Gasteiger partial charge in [-0.15, -0.1) is 10.2 Å². The fourth-order valence-corrected chi connectivity index (χ4v) is 3.41. The zero-order valence-corrected chi connectivity index (χ0v) is 17.0. The Hall–Kier alpha value is -3.48. The number of aryl methyl sites for hydroxylation is 1. The van der Waals surface area contributed by atoms with Crippen molar-refractivity contribution in [3.05, 3.63) is 71.1 Å². The largest absolute Gasteiger partial charge is 0.449 e. The van der Waals surface area contributed by atoms with Crippen molar-refractivity contribution in [1.29, 1.82) is 0 Å². The van der Waals surface area contributed by atoms with Crippen LogP contribution in [0.25, 0.3) is 11.5 Å². The molecule has 3 aromatic rings. The Balaban J connectivity index is 1.38. The zero-order valence-electron chi connectivity index (χ0n) is 17.0. The fraction of sp³-hybridized carbons (Fsp3) is 0.304. The van der Waals surface area contributed by atoms with E-state index in [1.165, 1.54) is 0 Å². The third kappa shape index (κ3) is 4.40. The summed E-state index contributed by atoms with van der Waals surface area (Å²) in [5.41, 5.74) is 3.31. The second kappa shape index (κ2) is 8.49. The molecule has 30 heavy (non-hydrogen) atoms. The minimum absolute atomic E-state index is 0.178. The molecule has 0 bridgehead atoms. The molecule has 2 aromatic carbocycles. The first-order valence-corrected chi connectivity index (χ1v) is 9.98. The summed E-state index contributed by atoms with van der Waals surface area (Å²) in [6.45, 7) is 5.03. The second-order valence-electron chi connectivity index (χ2n) is 7.48.